The lowest BCUT2D eigenvalue weighted by atomic mass is 10.0. The van der Waals surface area contributed by atoms with Crippen molar-refractivity contribution in [2.24, 2.45) is 0 Å². The predicted octanol–water partition coefficient (Wildman–Crippen LogP) is 1.77. The van der Waals surface area contributed by atoms with Crippen LogP contribution in [0.25, 0.3) is 5.65 Å². The van der Waals surface area contributed by atoms with Gasteiger partial charge < -0.3 is 9.80 Å². The molecule has 1 unspecified atom stereocenters. The van der Waals surface area contributed by atoms with Crippen molar-refractivity contribution in [3.05, 3.63) is 66.1 Å². The zero-order valence-corrected chi connectivity index (χ0v) is 14.4. The van der Waals surface area contributed by atoms with Crippen molar-refractivity contribution < 1.29 is 9.59 Å². The number of hydrogen-bond donors (Lipinski definition) is 0. The largest absolute Gasteiger partial charge is 0.334 e. The number of hydrogen-bond acceptors (Lipinski definition) is 4. The summed E-state index contributed by atoms with van der Waals surface area (Å²) < 4.78 is 1.59. The molecule has 0 N–H and O–H groups in total. The van der Waals surface area contributed by atoms with E-state index in [0.717, 1.165) is 5.56 Å². The zero-order chi connectivity index (χ0) is 18.1. The summed E-state index contributed by atoms with van der Waals surface area (Å²) in [4.78, 5) is 33.0. The first-order chi connectivity index (χ1) is 12.6. The Hall–Kier alpha value is -3.22. The molecule has 132 valence electrons. The molecule has 3 aromatic rings. The maximum atomic E-state index is 13.1. The van der Waals surface area contributed by atoms with Gasteiger partial charge in [-0.05, 0) is 11.6 Å². The van der Waals surface area contributed by atoms with Gasteiger partial charge in [-0.3, -0.25) is 9.59 Å². The Morgan fingerprint density at radius 3 is 2.69 bits per heavy atom. The first kappa shape index (κ1) is 16.3. The van der Waals surface area contributed by atoms with Gasteiger partial charge in [-0.15, -0.1) is 0 Å². The SMILES string of the molecule is CC(=O)N1CCN(C(=O)c2cnn3cccnc23)CC1c1ccccc1. The number of carbonyl (C=O) groups is 2. The van der Waals surface area contributed by atoms with Crippen molar-refractivity contribution in [2.45, 2.75) is 13.0 Å². The molecule has 1 aliphatic rings. The van der Waals surface area contributed by atoms with Gasteiger partial charge in [0.1, 0.15) is 5.56 Å². The van der Waals surface area contributed by atoms with Crippen LogP contribution in [-0.2, 0) is 4.79 Å². The highest BCUT2D eigenvalue weighted by molar-refractivity contribution is 5.99. The monoisotopic (exact) mass is 349 g/mol. The van der Waals surface area contributed by atoms with Gasteiger partial charge in [-0.1, -0.05) is 30.3 Å². The molecular formula is C19H19N5O2. The molecule has 3 heterocycles. The van der Waals surface area contributed by atoms with E-state index in [1.165, 1.54) is 0 Å². The van der Waals surface area contributed by atoms with Crippen molar-refractivity contribution in [1.82, 2.24) is 24.4 Å². The molecule has 1 atom stereocenters. The molecule has 26 heavy (non-hydrogen) atoms. The molecule has 7 nitrogen and oxygen atoms in total. The number of nitrogens with zero attached hydrogens (tertiary/aromatic N) is 5. The number of rotatable bonds is 2. The van der Waals surface area contributed by atoms with Crippen LogP contribution in [0.5, 0.6) is 0 Å². The highest BCUT2D eigenvalue weighted by atomic mass is 16.2. The fraction of sp³-hybridized carbons (Fsp3) is 0.263. The number of carbonyl (C=O) groups excluding carboxylic acids is 2. The molecule has 0 saturated carbocycles. The van der Waals surface area contributed by atoms with Crippen molar-refractivity contribution in [3.63, 3.8) is 0 Å². The summed E-state index contributed by atoms with van der Waals surface area (Å²) in [5, 5.41) is 4.20. The summed E-state index contributed by atoms with van der Waals surface area (Å²) in [5.41, 5.74) is 2.05. The Morgan fingerprint density at radius 2 is 1.92 bits per heavy atom. The molecular weight excluding hydrogens is 330 g/mol. The van der Waals surface area contributed by atoms with Crippen LogP contribution in [-0.4, -0.2) is 55.8 Å². The van der Waals surface area contributed by atoms with Crippen molar-refractivity contribution in [1.29, 1.82) is 0 Å². The van der Waals surface area contributed by atoms with Crippen molar-refractivity contribution >= 4 is 17.5 Å². The molecule has 7 heteroatoms. The Morgan fingerprint density at radius 1 is 1.12 bits per heavy atom. The highest BCUT2D eigenvalue weighted by Crippen LogP contribution is 2.26. The van der Waals surface area contributed by atoms with E-state index in [-0.39, 0.29) is 17.9 Å². The van der Waals surface area contributed by atoms with Gasteiger partial charge in [0.25, 0.3) is 5.91 Å². The van der Waals surface area contributed by atoms with Crippen molar-refractivity contribution in [3.8, 4) is 0 Å². The third-order valence-corrected chi connectivity index (χ3v) is 4.77. The van der Waals surface area contributed by atoms with Crippen LogP contribution in [0.3, 0.4) is 0 Å². The fourth-order valence-electron chi connectivity index (χ4n) is 3.45. The molecule has 1 fully saturated rings. The maximum absolute atomic E-state index is 13.1. The summed E-state index contributed by atoms with van der Waals surface area (Å²) in [5.74, 6) is -0.0913. The van der Waals surface area contributed by atoms with Crippen LogP contribution in [0, 0.1) is 0 Å². The van der Waals surface area contributed by atoms with E-state index in [0.29, 0.717) is 30.8 Å². The summed E-state index contributed by atoms with van der Waals surface area (Å²) in [6, 6.07) is 11.4. The Kier molecular flexibility index (Phi) is 4.12. The smallest absolute Gasteiger partial charge is 0.259 e. The molecule has 0 radical (unpaired) electrons. The van der Waals surface area contributed by atoms with Crippen LogP contribution >= 0.6 is 0 Å². The van der Waals surface area contributed by atoms with Gasteiger partial charge in [0.05, 0.1) is 12.2 Å². The standard InChI is InChI=1S/C19H19N5O2/c1-14(25)23-11-10-22(13-17(23)15-6-3-2-4-7-15)19(26)16-12-21-24-9-5-8-20-18(16)24/h2-9,12,17H,10-11,13H2,1H3. The summed E-state index contributed by atoms with van der Waals surface area (Å²) in [6.45, 7) is 3.02. The third kappa shape index (κ3) is 2.81. The van der Waals surface area contributed by atoms with Gasteiger partial charge in [-0.25, -0.2) is 9.50 Å². The van der Waals surface area contributed by atoms with Gasteiger partial charge >= 0.3 is 0 Å². The average molecular weight is 349 g/mol. The van der Waals surface area contributed by atoms with E-state index in [4.69, 9.17) is 0 Å². The number of piperazine rings is 1. The minimum atomic E-state index is -0.152. The maximum Gasteiger partial charge on any atom is 0.259 e. The molecule has 4 rings (SSSR count). The fourth-order valence-corrected chi connectivity index (χ4v) is 3.45. The average Bonchev–Trinajstić information content (AvgIpc) is 3.11. The lowest BCUT2D eigenvalue weighted by Crippen LogP contribution is -2.51. The van der Waals surface area contributed by atoms with E-state index in [9.17, 15) is 9.59 Å². The molecule has 1 saturated heterocycles. The Balaban J connectivity index is 1.64. The molecule has 1 aromatic carbocycles. The predicted molar refractivity (Wildman–Crippen MR) is 95.5 cm³/mol. The Labute approximate surface area is 150 Å². The van der Waals surface area contributed by atoms with Crippen LogP contribution in [0.4, 0.5) is 0 Å². The van der Waals surface area contributed by atoms with Crippen molar-refractivity contribution in [2.75, 3.05) is 19.6 Å². The zero-order valence-electron chi connectivity index (χ0n) is 14.4. The molecule has 0 spiro atoms. The molecule has 1 aliphatic heterocycles. The van der Waals surface area contributed by atoms with E-state index in [1.807, 2.05) is 35.2 Å². The summed E-state index contributed by atoms with van der Waals surface area (Å²) >= 11 is 0. The first-order valence-electron chi connectivity index (χ1n) is 8.55. The van der Waals surface area contributed by atoms with E-state index in [1.54, 1.807) is 41.0 Å². The van der Waals surface area contributed by atoms with Crippen LogP contribution in [0.15, 0.2) is 55.0 Å². The minimum absolute atomic E-state index is 0.0172. The molecule has 2 aromatic heterocycles. The second-order valence-corrected chi connectivity index (χ2v) is 6.34. The van der Waals surface area contributed by atoms with Crippen LogP contribution < -0.4 is 0 Å². The highest BCUT2D eigenvalue weighted by Gasteiger charge is 2.33. The quantitative estimate of drug-likeness (QED) is 0.707. The molecule has 0 bridgehead atoms. The van der Waals surface area contributed by atoms with E-state index in [2.05, 4.69) is 10.1 Å². The number of fused-ring (bicyclic) bond motifs is 1. The first-order valence-corrected chi connectivity index (χ1v) is 8.55. The number of amides is 2. The number of benzene rings is 1. The lowest BCUT2D eigenvalue weighted by Gasteiger charge is -2.41. The summed E-state index contributed by atoms with van der Waals surface area (Å²) in [6.07, 6.45) is 4.97. The van der Waals surface area contributed by atoms with Gasteiger partial charge in [0.2, 0.25) is 5.91 Å². The van der Waals surface area contributed by atoms with Gasteiger partial charge in [0.15, 0.2) is 5.65 Å². The normalized spacial score (nSPS) is 17.5. The molecule has 0 aliphatic carbocycles. The van der Waals surface area contributed by atoms with Crippen LogP contribution in [0.1, 0.15) is 28.9 Å². The van der Waals surface area contributed by atoms with Crippen LogP contribution in [0.2, 0.25) is 0 Å². The second-order valence-electron chi connectivity index (χ2n) is 6.34. The Bertz CT molecular complexity index is 953. The third-order valence-electron chi connectivity index (χ3n) is 4.77. The topological polar surface area (TPSA) is 70.8 Å². The summed E-state index contributed by atoms with van der Waals surface area (Å²) in [7, 11) is 0. The van der Waals surface area contributed by atoms with Gasteiger partial charge in [-0.2, -0.15) is 5.10 Å². The van der Waals surface area contributed by atoms with Gasteiger partial charge in [0, 0.05) is 39.0 Å². The minimum Gasteiger partial charge on any atom is -0.334 e. The second kappa shape index (κ2) is 6.59. The van der Waals surface area contributed by atoms with E-state index >= 15 is 0 Å². The lowest BCUT2D eigenvalue weighted by molar-refractivity contribution is -0.133. The number of aromatic nitrogens is 3. The molecule has 2 amide bonds. The van der Waals surface area contributed by atoms with E-state index < -0.39 is 0 Å².